The zero-order valence-electron chi connectivity index (χ0n) is 11.4. The number of rotatable bonds is 6. The molecule has 5 heteroatoms. The predicted molar refractivity (Wildman–Crippen MR) is 71.3 cm³/mol. The summed E-state index contributed by atoms with van der Waals surface area (Å²) in [6, 6.07) is 4.70. The van der Waals surface area contributed by atoms with E-state index in [2.05, 4.69) is 5.32 Å². The lowest BCUT2D eigenvalue weighted by Crippen LogP contribution is -2.41. The molecule has 0 aliphatic carbocycles. The lowest BCUT2D eigenvalue weighted by atomic mass is 10.1. The van der Waals surface area contributed by atoms with Gasteiger partial charge in [-0.2, -0.15) is 0 Å². The molecule has 1 aromatic rings. The highest BCUT2D eigenvalue weighted by Gasteiger charge is 2.18. The monoisotopic (exact) mass is 265 g/mol. The maximum atomic E-state index is 11.8. The van der Waals surface area contributed by atoms with Crippen LogP contribution in [0.2, 0.25) is 0 Å². The topological polar surface area (TPSA) is 75.6 Å². The molecular weight excluding hydrogens is 246 g/mol. The van der Waals surface area contributed by atoms with Gasteiger partial charge in [0.1, 0.15) is 11.8 Å². The van der Waals surface area contributed by atoms with E-state index in [9.17, 15) is 9.59 Å². The average molecular weight is 265 g/mol. The SMILES string of the molecule is CCC(NC(=O)Cc1ccc(C)cc1OC)C(=O)O. The van der Waals surface area contributed by atoms with Gasteiger partial charge in [-0.05, 0) is 25.0 Å². The summed E-state index contributed by atoms with van der Waals surface area (Å²) in [7, 11) is 1.54. The largest absolute Gasteiger partial charge is 0.496 e. The summed E-state index contributed by atoms with van der Waals surface area (Å²) < 4.78 is 5.21. The van der Waals surface area contributed by atoms with Gasteiger partial charge in [0.2, 0.25) is 5.91 Å². The van der Waals surface area contributed by atoms with Gasteiger partial charge >= 0.3 is 5.97 Å². The number of carboxylic acids is 1. The number of methoxy groups -OCH3 is 1. The second kappa shape index (κ2) is 6.78. The minimum Gasteiger partial charge on any atom is -0.496 e. The summed E-state index contributed by atoms with van der Waals surface area (Å²) in [6.07, 6.45) is 0.458. The van der Waals surface area contributed by atoms with Gasteiger partial charge in [-0.15, -0.1) is 0 Å². The van der Waals surface area contributed by atoms with Crippen LogP contribution in [-0.2, 0) is 16.0 Å². The Bertz CT molecular complexity index is 471. The lowest BCUT2D eigenvalue weighted by molar-refractivity contribution is -0.141. The van der Waals surface area contributed by atoms with Crippen molar-refractivity contribution in [2.45, 2.75) is 32.7 Å². The number of amides is 1. The van der Waals surface area contributed by atoms with E-state index in [1.54, 1.807) is 14.0 Å². The molecule has 0 aliphatic heterocycles. The van der Waals surface area contributed by atoms with Crippen LogP contribution >= 0.6 is 0 Å². The standard InChI is InChI=1S/C14H19NO4/c1-4-11(14(17)18)15-13(16)8-10-6-5-9(2)7-12(10)19-3/h5-7,11H,4,8H2,1-3H3,(H,15,16)(H,17,18). The number of hydrogen-bond donors (Lipinski definition) is 2. The van der Waals surface area contributed by atoms with Crippen LogP contribution in [-0.4, -0.2) is 30.1 Å². The summed E-state index contributed by atoms with van der Waals surface area (Å²) in [5, 5.41) is 11.4. The van der Waals surface area contributed by atoms with E-state index in [0.717, 1.165) is 11.1 Å². The van der Waals surface area contributed by atoms with E-state index in [4.69, 9.17) is 9.84 Å². The number of benzene rings is 1. The zero-order valence-corrected chi connectivity index (χ0v) is 11.4. The number of hydrogen-bond acceptors (Lipinski definition) is 3. The highest BCUT2D eigenvalue weighted by Crippen LogP contribution is 2.20. The Morgan fingerprint density at radius 2 is 2.11 bits per heavy atom. The third-order valence-corrected chi connectivity index (χ3v) is 2.84. The molecule has 0 saturated heterocycles. The molecule has 2 N–H and O–H groups in total. The molecule has 1 atom stereocenters. The summed E-state index contributed by atoms with van der Waals surface area (Å²) >= 11 is 0. The quantitative estimate of drug-likeness (QED) is 0.817. The Hall–Kier alpha value is -2.04. The van der Waals surface area contributed by atoms with Crippen LogP contribution < -0.4 is 10.1 Å². The highest BCUT2D eigenvalue weighted by molar-refractivity contribution is 5.85. The molecule has 5 nitrogen and oxygen atoms in total. The Kier molecular flexibility index (Phi) is 5.36. The molecule has 0 fully saturated rings. The number of carboxylic acid groups (broad SMARTS) is 1. The molecule has 104 valence electrons. The molecule has 0 aliphatic rings. The number of aliphatic carboxylic acids is 1. The Morgan fingerprint density at radius 1 is 1.42 bits per heavy atom. The van der Waals surface area contributed by atoms with Crippen LogP contribution in [0.25, 0.3) is 0 Å². The molecule has 0 bridgehead atoms. The van der Waals surface area contributed by atoms with Crippen molar-refractivity contribution in [3.8, 4) is 5.75 Å². The van der Waals surface area contributed by atoms with Crippen molar-refractivity contribution < 1.29 is 19.4 Å². The molecular formula is C14H19NO4. The fourth-order valence-electron chi connectivity index (χ4n) is 1.75. The smallest absolute Gasteiger partial charge is 0.326 e. The highest BCUT2D eigenvalue weighted by atomic mass is 16.5. The van der Waals surface area contributed by atoms with Gasteiger partial charge in [0, 0.05) is 5.56 Å². The average Bonchev–Trinajstić information content (AvgIpc) is 2.37. The van der Waals surface area contributed by atoms with Crippen LogP contribution in [0.3, 0.4) is 0 Å². The van der Waals surface area contributed by atoms with Gasteiger partial charge in [-0.1, -0.05) is 19.1 Å². The Labute approximate surface area is 112 Å². The Balaban J connectivity index is 2.74. The summed E-state index contributed by atoms with van der Waals surface area (Å²) in [6.45, 7) is 3.65. The van der Waals surface area contributed by atoms with Crippen LogP contribution in [0.15, 0.2) is 18.2 Å². The number of ether oxygens (including phenoxy) is 1. The van der Waals surface area contributed by atoms with Crippen molar-refractivity contribution in [2.75, 3.05) is 7.11 Å². The van der Waals surface area contributed by atoms with Gasteiger partial charge in [0.15, 0.2) is 0 Å². The molecule has 0 spiro atoms. The number of carbonyl (C=O) groups excluding carboxylic acids is 1. The van der Waals surface area contributed by atoms with E-state index < -0.39 is 12.0 Å². The summed E-state index contributed by atoms with van der Waals surface area (Å²) in [5.74, 6) is -0.707. The van der Waals surface area contributed by atoms with Gasteiger partial charge < -0.3 is 15.2 Å². The first-order valence-electron chi connectivity index (χ1n) is 6.13. The first-order chi connectivity index (χ1) is 8.97. The third kappa shape index (κ3) is 4.28. The van der Waals surface area contributed by atoms with Crippen molar-refractivity contribution in [3.05, 3.63) is 29.3 Å². The van der Waals surface area contributed by atoms with E-state index in [1.807, 2.05) is 25.1 Å². The summed E-state index contributed by atoms with van der Waals surface area (Å²) in [4.78, 5) is 22.7. The molecule has 1 amide bonds. The van der Waals surface area contributed by atoms with E-state index in [-0.39, 0.29) is 12.3 Å². The fourth-order valence-corrected chi connectivity index (χ4v) is 1.75. The van der Waals surface area contributed by atoms with Crippen LogP contribution in [0.1, 0.15) is 24.5 Å². The number of carbonyl (C=O) groups is 2. The molecule has 1 rings (SSSR count). The van der Waals surface area contributed by atoms with Gasteiger partial charge in [0.25, 0.3) is 0 Å². The predicted octanol–water partition coefficient (Wildman–Crippen LogP) is 1.53. The third-order valence-electron chi connectivity index (χ3n) is 2.84. The second-order valence-electron chi connectivity index (χ2n) is 4.36. The number of nitrogens with one attached hydrogen (secondary N) is 1. The molecule has 0 saturated carbocycles. The van der Waals surface area contributed by atoms with Crippen molar-refractivity contribution in [1.82, 2.24) is 5.32 Å². The minimum absolute atomic E-state index is 0.104. The van der Waals surface area contributed by atoms with Crippen molar-refractivity contribution >= 4 is 11.9 Å². The van der Waals surface area contributed by atoms with Crippen LogP contribution in [0, 0.1) is 6.92 Å². The molecule has 1 aromatic carbocycles. The summed E-state index contributed by atoms with van der Waals surface area (Å²) in [5.41, 5.74) is 1.78. The molecule has 19 heavy (non-hydrogen) atoms. The lowest BCUT2D eigenvalue weighted by Gasteiger charge is -2.13. The molecule has 0 radical (unpaired) electrons. The molecule has 0 heterocycles. The first-order valence-corrected chi connectivity index (χ1v) is 6.13. The first kappa shape index (κ1) is 15.0. The second-order valence-corrected chi connectivity index (χ2v) is 4.36. The zero-order chi connectivity index (χ0) is 14.4. The van der Waals surface area contributed by atoms with Crippen molar-refractivity contribution in [1.29, 1.82) is 0 Å². The van der Waals surface area contributed by atoms with Gasteiger partial charge in [-0.25, -0.2) is 4.79 Å². The van der Waals surface area contributed by atoms with Crippen LogP contribution in [0.4, 0.5) is 0 Å². The molecule has 0 aromatic heterocycles. The van der Waals surface area contributed by atoms with Gasteiger partial charge in [-0.3, -0.25) is 4.79 Å². The molecule has 1 unspecified atom stereocenters. The minimum atomic E-state index is -1.02. The van der Waals surface area contributed by atoms with E-state index in [1.165, 1.54) is 0 Å². The Morgan fingerprint density at radius 3 is 2.63 bits per heavy atom. The maximum absolute atomic E-state index is 11.8. The van der Waals surface area contributed by atoms with E-state index >= 15 is 0 Å². The van der Waals surface area contributed by atoms with Crippen molar-refractivity contribution in [2.24, 2.45) is 0 Å². The van der Waals surface area contributed by atoms with E-state index in [0.29, 0.717) is 12.2 Å². The van der Waals surface area contributed by atoms with Crippen LogP contribution in [0.5, 0.6) is 5.75 Å². The number of aryl methyl sites for hydroxylation is 1. The van der Waals surface area contributed by atoms with Gasteiger partial charge in [0.05, 0.1) is 13.5 Å². The maximum Gasteiger partial charge on any atom is 0.326 e. The normalized spacial score (nSPS) is 11.7. The fraction of sp³-hybridized carbons (Fsp3) is 0.429. The van der Waals surface area contributed by atoms with Crippen molar-refractivity contribution in [3.63, 3.8) is 0 Å².